The van der Waals surface area contributed by atoms with Crippen molar-refractivity contribution in [2.75, 3.05) is 0 Å². The number of nitrogens with zero attached hydrogens (tertiary/aromatic N) is 2. The van der Waals surface area contributed by atoms with Crippen molar-refractivity contribution >= 4 is 22.6 Å². The predicted octanol–water partition coefficient (Wildman–Crippen LogP) is 1.74. The molecule has 0 aliphatic rings. The molecule has 0 saturated heterocycles. The molecule has 15 heavy (non-hydrogen) atoms. The van der Waals surface area contributed by atoms with Crippen LogP contribution in [0.2, 0.25) is 5.15 Å². The van der Waals surface area contributed by atoms with Gasteiger partial charge in [-0.1, -0.05) is 11.6 Å². The Morgan fingerprint density at radius 1 is 1.47 bits per heavy atom. The monoisotopic (exact) mass is 226 g/mol. The lowest BCUT2D eigenvalue weighted by Crippen LogP contribution is -2.25. The minimum absolute atomic E-state index is 0.390. The summed E-state index contributed by atoms with van der Waals surface area (Å²) in [5, 5.41) is 1.14. The fourth-order valence-electron chi connectivity index (χ4n) is 1.46. The predicted molar refractivity (Wildman–Crippen MR) is 57.2 cm³/mol. The van der Waals surface area contributed by atoms with E-state index in [1.165, 1.54) is 6.33 Å². The Morgan fingerprint density at radius 2 is 2.20 bits per heavy atom. The number of H-pyrrole nitrogens is 1. The zero-order valence-electron chi connectivity index (χ0n) is 8.41. The quantitative estimate of drug-likeness (QED) is 0.604. The summed E-state index contributed by atoms with van der Waals surface area (Å²) in [6.45, 7) is 3.69. The van der Waals surface area contributed by atoms with E-state index < -0.39 is 5.60 Å². The normalized spacial score (nSPS) is 12.3. The maximum absolute atomic E-state index is 6.00. The third-order valence-electron chi connectivity index (χ3n) is 2.37. The molecule has 0 fully saturated rings. The van der Waals surface area contributed by atoms with Gasteiger partial charge in [0.2, 0.25) is 0 Å². The molecule has 6 heteroatoms. The van der Waals surface area contributed by atoms with Crippen molar-refractivity contribution in [1.29, 1.82) is 0 Å². The number of nitrogens with two attached hydrogens (primary N) is 1. The average molecular weight is 227 g/mol. The maximum atomic E-state index is 6.00. The van der Waals surface area contributed by atoms with Crippen molar-refractivity contribution in [1.82, 2.24) is 15.0 Å². The number of hydrogen-bond acceptors (Lipinski definition) is 4. The SMILES string of the molecule is CC(C)(ON)c1c[nH]c2ncnc(Cl)c12. The third kappa shape index (κ3) is 1.58. The number of rotatable bonds is 2. The van der Waals surface area contributed by atoms with Crippen LogP contribution in [0.4, 0.5) is 0 Å². The van der Waals surface area contributed by atoms with Crippen molar-refractivity contribution in [3.63, 3.8) is 0 Å². The van der Waals surface area contributed by atoms with Gasteiger partial charge in [-0.15, -0.1) is 0 Å². The van der Waals surface area contributed by atoms with Crippen LogP contribution in [0, 0.1) is 0 Å². The van der Waals surface area contributed by atoms with Gasteiger partial charge in [0.15, 0.2) is 0 Å². The van der Waals surface area contributed by atoms with Crippen molar-refractivity contribution < 1.29 is 4.84 Å². The molecule has 2 rings (SSSR count). The van der Waals surface area contributed by atoms with Gasteiger partial charge in [0.25, 0.3) is 0 Å². The molecule has 0 unspecified atom stereocenters. The van der Waals surface area contributed by atoms with E-state index in [0.29, 0.717) is 10.8 Å². The molecule has 0 spiro atoms. The Hall–Kier alpha value is -1.17. The molecular formula is C9H11ClN4O. The van der Waals surface area contributed by atoms with E-state index in [9.17, 15) is 0 Å². The molecule has 5 nitrogen and oxygen atoms in total. The molecule has 0 saturated carbocycles. The van der Waals surface area contributed by atoms with E-state index in [-0.39, 0.29) is 0 Å². The summed E-state index contributed by atoms with van der Waals surface area (Å²) in [4.78, 5) is 15.9. The maximum Gasteiger partial charge on any atom is 0.142 e. The minimum Gasteiger partial charge on any atom is -0.346 e. The smallest absolute Gasteiger partial charge is 0.142 e. The highest BCUT2D eigenvalue weighted by atomic mass is 35.5. The van der Waals surface area contributed by atoms with E-state index in [2.05, 4.69) is 15.0 Å². The highest BCUT2D eigenvalue weighted by molar-refractivity contribution is 6.34. The Morgan fingerprint density at radius 3 is 2.87 bits per heavy atom. The van der Waals surface area contributed by atoms with Crippen molar-refractivity contribution in [3.05, 3.63) is 23.2 Å². The summed E-state index contributed by atoms with van der Waals surface area (Å²) >= 11 is 6.00. The van der Waals surface area contributed by atoms with Crippen molar-refractivity contribution in [2.24, 2.45) is 5.90 Å². The number of fused-ring (bicyclic) bond motifs is 1. The first-order valence-electron chi connectivity index (χ1n) is 4.42. The molecule has 0 atom stereocenters. The van der Waals surface area contributed by atoms with Gasteiger partial charge in [0.1, 0.15) is 22.7 Å². The minimum atomic E-state index is -0.632. The summed E-state index contributed by atoms with van der Waals surface area (Å²) in [5.41, 5.74) is 0.882. The van der Waals surface area contributed by atoms with Crippen LogP contribution in [0.5, 0.6) is 0 Å². The second kappa shape index (κ2) is 3.44. The summed E-state index contributed by atoms with van der Waals surface area (Å²) in [5.74, 6) is 5.24. The molecule has 2 heterocycles. The molecule has 0 amide bonds. The Kier molecular flexibility index (Phi) is 2.38. The number of aromatic nitrogens is 3. The lowest BCUT2D eigenvalue weighted by atomic mass is 9.99. The van der Waals surface area contributed by atoms with Crippen LogP contribution in [0.25, 0.3) is 11.0 Å². The Labute approximate surface area is 91.6 Å². The zero-order valence-corrected chi connectivity index (χ0v) is 9.17. The fourth-order valence-corrected chi connectivity index (χ4v) is 1.70. The molecule has 2 aromatic rings. The van der Waals surface area contributed by atoms with E-state index in [1.807, 2.05) is 13.8 Å². The molecule has 2 aromatic heterocycles. The van der Waals surface area contributed by atoms with Gasteiger partial charge in [-0.25, -0.2) is 15.9 Å². The number of hydrogen-bond donors (Lipinski definition) is 2. The molecule has 0 aromatic carbocycles. The van der Waals surface area contributed by atoms with Crippen molar-refractivity contribution in [3.8, 4) is 0 Å². The van der Waals surface area contributed by atoms with Gasteiger partial charge in [0.05, 0.1) is 5.39 Å². The lowest BCUT2D eigenvalue weighted by molar-refractivity contribution is -0.0225. The van der Waals surface area contributed by atoms with Gasteiger partial charge in [-0.2, -0.15) is 0 Å². The largest absolute Gasteiger partial charge is 0.346 e. The van der Waals surface area contributed by atoms with Crippen LogP contribution in [0.3, 0.4) is 0 Å². The second-order valence-electron chi connectivity index (χ2n) is 3.72. The fraction of sp³-hybridized carbons (Fsp3) is 0.333. The molecule has 80 valence electrons. The van der Waals surface area contributed by atoms with Gasteiger partial charge in [-0.3, -0.25) is 4.84 Å². The second-order valence-corrected chi connectivity index (χ2v) is 4.08. The van der Waals surface area contributed by atoms with E-state index >= 15 is 0 Å². The average Bonchev–Trinajstić information content (AvgIpc) is 2.63. The van der Waals surface area contributed by atoms with E-state index in [4.69, 9.17) is 22.3 Å². The van der Waals surface area contributed by atoms with Crippen LogP contribution in [0.15, 0.2) is 12.5 Å². The van der Waals surface area contributed by atoms with Crippen LogP contribution >= 0.6 is 11.6 Å². The highest BCUT2D eigenvalue weighted by Crippen LogP contribution is 2.32. The summed E-state index contributed by atoms with van der Waals surface area (Å²) in [7, 11) is 0. The van der Waals surface area contributed by atoms with Gasteiger partial charge < -0.3 is 4.98 Å². The number of halogens is 1. The first-order valence-corrected chi connectivity index (χ1v) is 4.80. The van der Waals surface area contributed by atoms with Gasteiger partial charge in [-0.05, 0) is 13.8 Å². The Bertz CT molecular complexity index is 494. The zero-order chi connectivity index (χ0) is 11.1. The van der Waals surface area contributed by atoms with Crippen molar-refractivity contribution in [2.45, 2.75) is 19.4 Å². The molecule has 0 bridgehead atoms. The molecule has 0 radical (unpaired) electrons. The van der Waals surface area contributed by atoms with Crippen LogP contribution < -0.4 is 5.90 Å². The Balaban J connectivity index is 2.73. The summed E-state index contributed by atoms with van der Waals surface area (Å²) in [6, 6.07) is 0. The third-order valence-corrected chi connectivity index (χ3v) is 2.65. The van der Waals surface area contributed by atoms with Crippen LogP contribution in [-0.2, 0) is 10.4 Å². The van der Waals surface area contributed by atoms with Crippen LogP contribution in [-0.4, -0.2) is 15.0 Å². The van der Waals surface area contributed by atoms with E-state index in [0.717, 1.165) is 10.9 Å². The molecule has 0 aliphatic heterocycles. The molecular weight excluding hydrogens is 216 g/mol. The first-order chi connectivity index (χ1) is 7.06. The van der Waals surface area contributed by atoms with E-state index in [1.54, 1.807) is 6.20 Å². The highest BCUT2D eigenvalue weighted by Gasteiger charge is 2.26. The van der Waals surface area contributed by atoms with Gasteiger partial charge in [0, 0.05) is 11.8 Å². The lowest BCUT2D eigenvalue weighted by Gasteiger charge is -2.21. The topological polar surface area (TPSA) is 76.8 Å². The first kappa shape index (κ1) is 10.4. The number of aromatic amines is 1. The summed E-state index contributed by atoms with van der Waals surface area (Å²) < 4.78 is 0. The molecule has 3 N–H and O–H groups in total. The molecule has 0 aliphatic carbocycles. The van der Waals surface area contributed by atoms with Crippen LogP contribution in [0.1, 0.15) is 19.4 Å². The van der Waals surface area contributed by atoms with Gasteiger partial charge >= 0.3 is 0 Å². The standard InChI is InChI=1S/C9H11ClN4O/c1-9(2,15-11)5-3-12-8-6(5)7(10)13-4-14-8/h3-4H,11H2,1-2H3,(H,12,13,14). The summed E-state index contributed by atoms with van der Waals surface area (Å²) in [6.07, 6.45) is 3.18. The number of nitrogens with one attached hydrogen (secondary N) is 1.